The molecule has 0 fully saturated rings. The molecule has 0 radical (unpaired) electrons. The second-order valence-electron chi connectivity index (χ2n) is 6.63. The Morgan fingerprint density at radius 1 is 1.30 bits per heavy atom. The summed E-state index contributed by atoms with van der Waals surface area (Å²) in [5.74, 6) is 0.941. The van der Waals surface area contributed by atoms with Crippen LogP contribution in [0, 0.1) is 5.41 Å². The highest BCUT2D eigenvalue weighted by Crippen LogP contribution is 2.21. The van der Waals surface area contributed by atoms with Crippen LogP contribution in [0.25, 0.3) is 0 Å². The summed E-state index contributed by atoms with van der Waals surface area (Å²) in [7, 11) is -1.15. The van der Waals surface area contributed by atoms with E-state index in [9.17, 15) is 8.42 Å². The summed E-state index contributed by atoms with van der Waals surface area (Å²) in [5, 5.41) is 6.47. The minimum absolute atomic E-state index is 0.205. The van der Waals surface area contributed by atoms with Crippen LogP contribution in [-0.4, -0.2) is 46.0 Å². The molecule has 20 heavy (non-hydrogen) atoms. The molecule has 0 rings (SSSR count). The summed E-state index contributed by atoms with van der Waals surface area (Å²) in [6.07, 6.45) is 4.07. The van der Waals surface area contributed by atoms with Gasteiger partial charge in [0, 0.05) is 25.9 Å². The molecule has 0 aromatic heterocycles. The van der Waals surface area contributed by atoms with E-state index < -0.39 is 9.84 Å². The molecular formula is C14H31N3O2S. The summed E-state index contributed by atoms with van der Waals surface area (Å²) < 4.78 is 22.1. The second-order valence-corrected chi connectivity index (χ2v) is 8.89. The number of rotatable bonds is 7. The van der Waals surface area contributed by atoms with Gasteiger partial charge in [-0.3, -0.25) is 4.99 Å². The molecule has 120 valence electrons. The number of nitrogens with zero attached hydrogens (tertiary/aromatic N) is 1. The molecule has 0 aliphatic carbocycles. The van der Waals surface area contributed by atoms with Crippen molar-refractivity contribution in [3.05, 3.63) is 0 Å². The van der Waals surface area contributed by atoms with Crippen molar-refractivity contribution in [3.8, 4) is 0 Å². The molecule has 0 aliphatic rings. The average molecular weight is 305 g/mol. The lowest BCUT2D eigenvalue weighted by molar-refractivity contribution is 0.346. The van der Waals surface area contributed by atoms with E-state index in [0.29, 0.717) is 24.4 Å². The number of hydrogen-bond donors (Lipinski definition) is 2. The molecule has 0 heterocycles. The summed E-state index contributed by atoms with van der Waals surface area (Å²) in [5.41, 5.74) is 0.336. The first-order chi connectivity index (χ1) is 9.03. The van der Waals surface area contributed by atoms with Crippen LogP contribution in [0.2, 0.25) is 0 Å². The maximum absolute atomic E-state index is 11.0. The van der Waals surface area contributed by atoms with Gasteiger partial charge in [0.2, 0.25) is 0 Å². The molecule has 0 saturated heterocycles. The van der Waals surface area contributed by atoms with E-state index in [2.05, 4.69) is 43.3 Å². The highest BCUT2D eigenvalue weighted by molar-refractivity contribution is 7.90. The number of sulfone groups is 1. The van der Waals surface area contributed by atoms with Gasteiger partial charge >= 0.3 is 0 Å². The van der Waals surface area contributed by atoms with Gasteiger partial charge in [-0.2, -0.15) is 0 Å². The van der Waals surface area contributed by atoms with Gasteiger partial charge in [0.05, 0.1) is 5.75 Å². The van der Waals surface area contributed by atoms with Crippen molar-refractivity contribution in [3.63, 3.8) is 0 Å². The molecule has 6 heteroatoms. The Hall–Kier alpha value is -0.780. The van der Waals surface area contributed by atoms with Gasteiger partial charge in [-0.25, -0.2) is 8.42 Å². The third kappa shape index (κ3) is 12.3. The average Bonchev–Trinajstić information content (AvgIpc) is 2.28. The highest BCUT2D eigenvalue weighted by atomic mass is 32.2. The van der Waals surface area contributed by atoms with Crippen LogP contribution < -0.4 is 10.6 Å². The summed E-state index contributed by atoms with van der Waals surface area (Å²) in [6.45, 7) is 9.45. The quantitative estimate of drug-likeness (QED) is 0.427. The fourth-order valence-electron chi connectivity index (χ4n) is 1.69. The summed E-state index contributed by atoms with van der Waals surface area (Å²) in [6, 6.07) is 0.343. The first-order valence-corrected chi connectivity index (χ1v) is 9.24. The number of aliphatic imine (C=N–C) groups is 1. The Morgan fingerprint density at radius 2 is 1.90 bits per heavy atom. The van der Waals surface area contributed by atoms with Crippen LogP contribution in [0.15, 0.2) is 4.99 Å². The second kappa shape index (κ2) is 8.49. The van der Waals surface area contributed by atoms with E-state index >= 15 is 0 Å². The zero-order valence-electron chi connectivity index (χ0n) is 13.8. The van der Waals surface area contributed by atoms with Gasteiger partial charge in [-0.05, 0) is 31.6 Å². The molecule has 0 spiro atoms. The Bertz CT molecular complexity index is 397. The summed E-state index contributed by atoms with van der Waals surface area (Å²) >= 11 is 0. The van der Waals surface area contributed by atoms with E-state index in [4.69, 9.17) is 0 Å². The molecule has 1 unspecified atom stereocenters. The fourth-order valence-corrected chi connectivity index (χ4v) is 2.36. The van der Waals surface area contributed by atoms with Gasteiger partial charge < -0.3 is 10.6 Å². The van der Waals surface area contributed by atoms with Crippen molar-refractivity contribution < 1.29 is 8.42 Å². The first kappa shape index (κ1) is 19.2. The van der Waals surface area contributed by atoms with E-state index in [1.165, 1.54) is 6.26 Å². The van der Waals surface area contributed by atoms with Gasteiger partial charge in [-0.1, -0.05) is 20.8 Å². The molecule has 0 aromatic carbocycles. The molecule has 1 atom stereocenters. The predicted molar refractivity (Wildman–Crippen MR) is 87.0 cm³/mol. The van der Waals surface area contributed by atoms with Crippen molar-refractivity contribution in [1.82, 2.24) is 10.6 Å². The van der Waals surface area contributed by atoms with E-state index in [0.717, 1.165) is 18.8 Å². The predicted octanol–water partition coefficient (Wildman–Crippen LogP) is 1.80. The molecule has 0 bridgehead atoms. The molecule has 0 saturated carbocycles. The minimum Gasteiger partial charge on any atom is -0.356 e. The molecule has 0 amide bonds. The monoisotopic (exact) mass is 305 g/mol. The summed E-state index contributed by atoms with van der Waals surface area (Å²) in [4.78, 5) is 4.15. The largest absolute Gasteiger partial charge is 0.356 e. The Kier molecular flexibility index (Phi) is 8.16. The zero-order chi connectivity index (χ0) is 15.8. The molecule has 5 nitrogen and oxygen atoms in total. The maximum Gasteiger partial charge on any atom is 0.191 e. The minimum atomic E-state index is -2.88. The van der Waals surface area contributed by atoms with Crippen molar-refractivity contribution in [2.75, 3.05) is 25.6 Å². The highest BCUT2D eigenvalue weighted by Gasteiger charge is 2.13. The van der Waals surface area contributed by atoms with Gasteiger partial charge in [-0.15, -0.1) is 0 Å². The number of guanidine groups is 1. The lowest BCUT2D eigenvalue weighted by Gasteiger charge is -2.23. The van der Waals surface area contributed by atoms with E-state index in [1.54, 1.807) is 7.05 Å². The van der Waals surface area contributed by atoms with Gasteiger partial charge in [0.1, 0.15) is 9.84 Å². The lowest BCUT2D eigenvalue weighted by atomic mass is 9.89. The number of hydrogen-bond acceptors (Lipinski definition) is 3. The van der Waals surface area contributed by atoms with E-state index in [-0.39, 0.29) is 5.75 Å². The van der Waals surface area contributed by atoms with Crippen LogP contribution in [0.4, 0.5) is 0 Å². The molecule has 2 N–H and O–H groups in total. The standard InChI is InChI=1S/C14H31N3O2S/c1-12(8-9-14(2,3)4)17-13(15-5)16-10-7-11-20(6,18)19/h12H,7-11H2,1-6H3,(H2,15,16,17). The maximum atomic E-state index is 11.0. The van der Waals surface area contributed by atoms with Crippen LogP contribution >= 0.6 is 0 Å². The molecule has 0 aliphatic heterocycles. The first-order valence-electron chi connectivity index (χ1n) is 7.18. The Balaban J connectivity index is 3.98. The third-order valence-corrected chi connectivity index (χ3v) is 3.95. The van der Waals surface area contributed by atoms with Crippen molar-refractivity contribution in [1.29, 1.82) is 0 Å². The molecule has 0 aromatic rings. The zero-order valence-corrected chi connectivity index (χ0v) is 14.6. The van der Waals surface area contributed by atoms with Crippen LogP contribution in [0.5, 0.6) is 0 Å². The van der Waals surface area contributed by atoms with Gasteiger partial charge in [0.25, 0.3) is 0 Å². The number of nitrogens with one attached hydrogen (secondary N) is 2. The molecular weight excluding hydrogens is 274 g/mol. The smallest absolute Gasteiger partial charge is 0.191 e. The van der Waals surface area contributed by atoms with E-state index in [1.807, 2.05) is 0 Å². The lowest BCUT2D eigenvalue weighted by Crippen LogP contribution is -2.43. The van der Waals surface area contributed by atoms with Crippen molar-refractivity contribution in [2.24, 2.45) is 10.4 Å². The van der Waals surface area contributed by atoms with Crippen molar-refractivity contribution in [2.45, 2.75) is 53.0 Å². The van der Waals surface area contributed by atoms with Crippen LogP contribution in [-0.2, 0) is 9.84 Å². The van der Waals surface area contributed by atoms with Crippen LogP contribution in [0.3, 0.4) is 0 Å². The fraction of sp³-hybridized carbons (Fsp3) is 0.929. The topological polar surface area (TPSA) is 70.6 Å². The van der Waals surface area contributed by atoms with Crippen molar-refractivity contribution >= 4 is 15.8 Å². The third-order valence-electron chi connectivity index (χ3n) is 2.92. The van der Waals surface area contributed by atoms with Gasteiger partial charge in [0.15, 0.2) is 5.96 Å². The van der Waals surface area contributed by atoms with Crippen LogP contribution in [0.1, 0.15) is 47.0 Å². The SMILES string of the molecule is CN=C(NCCCS(C)(=O)=O)NC(C)CCC(C)(C)C. The Morgan fingerprint density at radius 3 is 2.35 bits per heavy atom. The Labute approximate surface area is 124 Å². The normalized spacial score (nSPS) is 15.0.